The molecule has 10 heteroatoms. The van der Waals surface area contributed by atoms with Gasteiger partial charge in [0.25, 0.3) is 11.8 Å². The molecule has 0 unspecified atom stereocenters. The molecule has 1 aromatic carbocycles. The van der Waals surface area contributed by atoms with Crippen LogP contribution in [0.3, 0.4) is 0 Å². The number of hydrogen-bond acceptors (Lipinski definition) is 7. The lowest BCUT2D eigenvalue weighted by atomic mass is 9.89. The molecule has 208 valence electrons. The predicted molar refractivity (Wildman–Crippen MR) is 153 cm³/mol. The first-order chi connectivity index (χ1) is 19.4. The number of fused-ring (bicyclic) bond motifs is 3. The number of benzene rings is 1. The zero-order valence-corrected chi connectivity index (χ0v) is 23.6. The summed E-state index contributed by atoms with van der Waals surface area (Å²) < 4.78 is 7.49. The van der Waals surface area contributed by atoms with Crippen LogP contribution in [0.4, 0.5) is 17.2 Å². The van der Waals surface area contributed by atoms with Gasteiger partial charge in [0.05, 0.1) is 30.4 Å². The summed E-state index contributed by atoms with van der Waals surface area (Å²) in [6.07, 6.45) is 8.67. The van der Waals surface area contributed by atoms with Crippen molar-refractivity contribution in [3.8, 4) is 5.75 Å². The normalized spacial score (nSPS) is 19.7. The molecule has 0 bridgehead atoms. The Morgan fingerprint density at radius 2 is 2.02 bits per heavy atom. The highest BCUT2D eigenvalue weighted by atomic mass is 32.1. The standard InChI is InChI=1S/C30H33N5O4S/c1-34-22-9-8-19(39-2)12-21(22)33-28-27(30(34)38)32-15-35(28)18-7-10-24-20(11-18)26(29(37)31-14-16-3-4-16)25(40-24)13-23(36)17-5-6-17/h8-9,12,15-18,33H,3-7,10-11,13-14H2,1-2H3,(H,31,37)/t18-/m0/s1. The van der Waals surface area contributed by atoms with Crippen molar-refractivity contribution in [3.63, 3.8) is 0 Å². The fraction of sp³-hybridized carbons (Fsp3) is 0.467. The SMILES string of the molecule is COc1ccc2c(c1)Nc1c(ncn1[C@H]1CCc3sc(CC(=O)C4CC4)c(C(=O)NCC4CC4)c3C1)C(=O)N2C. The highest BCUT2D eigenvalue weighted by Crippen LogP contribution is 2.43. The maximum atomic E-state index is 13.5. The van der Waals surface area contributed by atoms with Crippen LogP contribution in [-0.2, 0) is 24.1 Å². The number of ketones is 1. The minimum atomic E-state index is -0.182. The average Bonchev–Trinajstić information content (AvgIpc) is 3.89. The van der Waals surface area contributed by atoms with Crippen LogP contribution in [0.1, 0.15) is 74.3 Å². The lowest BCUT2D eigenvalue weighted by molar-refractivity contribution is -0.119. The number of hydrogen-bond donors (Lipinski definition) is 2. The molecule has 9 nitrogen and oxygen atoms in total. The van der Waals surface area contributed by atoms with Crippen LogP contribution in [0.5, 0.6) is 5.75 Å². The number of amides is 2. The number of imidazole rings is 1. The largest absolute Gasteiger partial charge is 0.497 e. The number of carbonyl (C=O) groups is 3. The van der Waals surface area contributed by atoms with Gasteiger partial charge in [0, 0.05) is 47.8 Å². The molecule has 3 aliphatic carbocycles. The lowest BCUT2D eigenvalue weighted by Crippen LogP contribution is -2.28. The number of thiophene rings is 1. The van der Waals surface area contributed by atoms with Crippen molar-refractivity contribution in [2.24, 2.45) is 11.8 Å². The zero-order chi connectivity index (χ0) is 27.5. The topological polar surface area (TPSA) is 106 Å². The second kappa shape index (κ2) is 9.76. The van der Waals surface area contributed by atoms with Crippen molar-refractivity contribution < 1.29 is 19.1 Å². The van der Waals surface area contributed by atoms with Gasteiger partial charge in [-0.15, -0.1) is 11.3 Å². The summed E-state index contributed by atoms with van der Waals surface area (Å²) in [4.78, 5) is 48.0. The Morgan fingerprint density at radius 3 is 2.77 bits per heavy atom. The first-order valence-corrected chi connectivity index (χ1v) is 15.0. The number of rotatable bonds is 8. The quantitative estimate of drug-likeness (QED) is 0.415. The molecule has 40 heavy (non-hydrogen) atoms. The molecule has 0 radical (unpaired) electrons. The number of nitrogens with one attached hydrogen (secondary N) is 2. The molecule has 4 aliphatic rings. The van der Waals surface area contributed by atoms with Crippen molar-refractivity contribution in [1.82, 2.24) is 14.9 Å². The monoisotopic (exact) mass is 559 g/mol. The molecule has 7 rings (SSSR count). The minimum Gasteiger partial charge on any atom is -0.497 e. The Bertz CT molecular complexity index is 1530. The second-order valence-corrected chi connectivity index (χ2v) is 12.7. The first-order valence-electron chi connectivity index (χ1n) is 14.2. The van der Waals surface area contributed by atoms with Gasteiger partial charge in [0.1, 0.15) is 17.4 Å². The third-order valence-corrected chi connectivity index (χ3v) is 9.96. The predicted octanol–water partition coefficient (Wildman–Crippen LogP) is 4.68. The Hall–Kier alpha value is -3.66. The zero-order valence-electron chi connectivity index (χ0n) is 22.8. The van der Waals surface area contributed by atoms with Gasteiger partial charge in [0.15, 0.2) is 5.69 Å². The number of Topliss-reactive ketones (excluding diaryl/α,β-unsaturated/α-hetero) is 1. The Labute approximate surface area is 236 Å². The third-order valence-electron chi connectivity index (χ3n) is 8.66. The molecule has 2 saturated carbocycles. The molecule has 3 aromatic rings. The molecular weight excluding hydrogens is 526 g/mol. The fourth-order valence-electron chi connectivity index (χ4n) is 5.95. The maximum Gasteiger partial charge on any atom is 0.280 e. The van der Waals surface area contributed by atoms with E-state index in [9.17, 15) is 14.4 Å². The summed E-state index contributed by atoms with van der Waals surface area (Å²) >= 11 is 1.64. The Kier molecular flexibility index (Phi) is 6.18. The molecule has 1 atom stereocenters. The number of carbonyl (C=O) groups excluding carboxylic acids is 3. The van der Waals surface area contributed by atoms with Gasteiger partial charge < -0.3 is 24.8 Å². The van der Waals surface area contributed by atoms with E-state index in [0.717, 1.165) is 47.5 Å². The molecule has 2 fully saturated rings. The summed E-state index contributed by atoms with van der Waals surface area (Å²) in [5.41, 5.74) is 3.65. The van der Waals surface area contributed by atoms with E-state index in [-0.39, 0.29) is 29.6 Å². The summed E-state index contributed by atoms with van der Waals surface area (Å²) in [6, 6.07) is 5.60. The minimum absolute atomic E-state index is 0.0121. The number of aryl methyl sites for hydroxylation is 1. The van der Waals surface area contributed by atoms with Crippen molar-refractivity contribution in [2.75, 3.05) is 30.9 Å². The van der Waals surface area contributed by atoms with Gasteiger partial charge in [-0.1, -0.05) is 0 Å². The van der Waals surface area contributed by atoms with Crippen molar-refractivity contribution in [1.29, 1.82) is 0 Å². The Morgan fingerprint density at radius 1 is 1.20 bits per heavy atom. The van der Waals surface area contributed by atoms with Crippen LogP contribution in [0.25, 0.3) is 0 Å². The van der Waals surface area contributed by atoms with E-state index in [1.165, 1.54) is 17.7 Å². The van der Waals surface area contributed by atoms with E-state index in [1.54, 1.807) is 36.7 Å². The van der Waals surface area contributed by atoms with Crippen LogP contribution in [0.2, 0.25) is 0 Å². The summed E-state index contributed by atoms with van der Waals surface area (Å²) in [7, 11) is 3.37. The van der Waals surface area contributed by atoms with Crippen LogP contribution in [0, 0.1) is 11.8 Å². The lowest BCUT2D eigenvalue weighted by Gasteiger charge is -2.26. The second-order valence-electron chi connectivity index (χ2n) is 11.5. The molecule has 2 amide bonds. The van der Waals surface area contributed by atoms with Gasteiger partial charge in [-0.3, -0.25) is 14.4 Å². The molecule has 0 saturated heterocycles. The highest BCUT2D eigenvalue weighted by Gasteiger charge is 2.36. The van der Waals surface area contributed by atoms with E-state index in [4.69, 9.17) is 4.74 Å². The highest BCUT2D eigenvalue weighted by molar-refractivity contribution is 7.12. The number of methoxy groups -OCH3 is 1. The summed E-state index contributed by atoms with van der Waals surface area (Å²) in [6.45, 7) is 0.695. The van der Waals surface area contributed by atoms with E-state index >= 15 is 0 Å². The van der Waals surface area contributed by atoms with Crippen molar-refractivity contribution in [3.05, 3.63) is 51.1 Å². The van der Waals surface area contributed by atoms with Gasteiger partial charge in [-0.05, 0) is 68.6 Å². The number of aromatic nitrogens is 2. The van der Waals surface area contributed by atoms with Crippen molar-refractivity contribution in [2.45, 2.75) is 57.4 Å². The van der Waals surface area contributed by atoms with Gasteiger partial charge in [0.2, 0.25) is 0 Å². The Balaban J connectivity index is 1.22. The molecular formula is C30H33N5O4S. The molecule has 2 N–H and O–H groups in total. The molecule has 2 aromatic heterocycles. The van der Waals surface area contributed by atoms with Crippen LogP contribution >= 0.6 is 11.3 Å². The molecule has 1 aliphatic heterocycles. The van der Waals surface area contributed by atoms with Gasteiger partial charge >= 0.3 is 0 Å². The van der Waals surface area contributed by atoms with E-state index in [0.29, 0.717) is 48.1 Å². The van der Waals surface area contributed by atoms with Gasteiger partial charge in [-0.2, -0.15) is 0 Å². The first kappa shape index (κ1) is 25.3. The molecule has 0 spiro atoms. The molecule has 3 heterocycles. The van der Waals surface area contributed by atoms with Crippen LogP contribution in [-0.4, -0.2) is 47.9 Å². The average molecular weight is 560 g/mol. The summed E-state index contributed by atoms with van der Waals surface area (Å²) in [5, 5.41) is 6.63. The number of ether oxygens (including phenoxy) is 1. The van der Waals surface area contributed by atoms with Crippen molar-refractivity contribution >= 4 is 46.1 Å². The maximum absolute atomic E-state index is 13.5. The number of anilines is 3. The van der Waals surface area contributed by atoms with E-state index < -0.39 is 0 Å². The van der Waals surface area contributed by atoms with E-state index in [1.807, 2.05) is 18.2 Å². The van der Waals surface area contributed by atoms with Crippen LogP contribution < -0.4 is 20.3 Å². The van der Waals surface area contributed by atoms with Gasteiger partial charge in [-0.25, -0.2) is 4.98 Å². The van der Waals surface area contributed by atoms with E-state index in [2.05, 4.69) is 20.2 Å². The number of nitrogens with zero attached hydrogens (tertiary/aromatic N) is 3. The third kappa shape index (κ3) is 4.48. The summed E-state index contributed by atoms with van der Waals surface area (Å²) in [5.74, 6) is 2.11. The fourth-order valence-corrected chi connectivity index (χ4v) is 7.31. The smallest absolute Gasteiger partial charge is 0.280 e. The van der Waals surface area contributed by atoms with Crippen LogP contribution in [0.15, 0.2) is 24.5 Å².